The molecule has 0 saturated heterocycles. The lowest BCUT2D eigenvalue weighted by Crippen LogP contribution is -2.43. The Hall–Kier alpha value is -6.86. The van der Waals surface area contributed by atoms with Gasteiger partial charge in [-0.3, -0.25) is 28.8 Å². The maximum absolute atomic E-state index is 13.4. The van der Waals surface area contributed by atoms with Gasteiger partial charge in [-0.25, -0.2) is 9.59 Å². The van der Waals surface area contributed by atoms with Gasteiger partial charge >= 0.3 is 11.9 Å². The van der Waals surface area contributed by atoms with Gasteiger partial charge in [0.25, 0.3) is 11.8 Å². The Morgan fingerprint density at radius 3 is 1.16 bits per heavy atom. The van der Waals surface area contributed by atoms with Gasteiger partial charge < -0.3 is 30.3 Å². The first kappa shape index (κ1) is 75.4. The topological polar surface area (TPSA) is 197 Å². The van der Waals surface area contributed by atoms with Gasteiger partial charge in [0.2, 0.25) is 11.8 Å². The highest BCUT2D eigenvalue weighted by atomic mass is 35.5. The van der Waals surface area contributed by atoms with E-state index >= 15 is 0 Å². The van der Waals surface area contributed by atoms with Crippen LogP contribution in [-0.4, -0.2) is 88.2 Å². The normalized spacial score (nSPS) is 11.0. The van der Waals surface area contributed by atoms with Crippen molar-refractivity contribution in [2.45, 2.75) is 90.6 Å². The van der Waals surface area contributed by atoms with Crippen LogP contribution in [0.4, 0.5) is 0 Å². The van der Waals surface area contributed by atoms with Crippen molar-refractivity contribution < 1.29 is 48.2 Å². The summed E-state index contributed by atoms with van der Waals surface area (Å²) in [5.74, 6) is -4.49. The second-order valence-corrected chi connectivity index (χ2v) is 22.3. The molecule has 7 rings (SSSR count). The summed E-state index contributed by atoms with van der Waals surface area (Å²) in [5.41, 5.74) is 4.70. The quantitative estimate of drug-likeness (QED) is 0.0347. The molecule has 3 N–H and O–H groups in total. The summed E-state index contributed by atoms with van der Waals surface area (Å²) in [6.45, 7) is 0.755. The van der Waals surface area contributed by atoms with Crippen molar-refractivity contribution in [2.75, 3.05) is 14.1 Å². The smallest absolute Gasteiger partial charge is 0.328 e. The molecule has 0 aliphatic rings. The number of Topliss-reactive ketones (excluding diaryl/α,β-unsaturated/α-hetero) is 2. The maximum Gasteiger partial charge on any atom is 0.328 e. The monoisotopic (exact) mass is 1350 g/mol. The highest BCUT2D eigenvalue weighted by Crippen LogP contribution is 2.30. The molecule has 0 saturated carbocycles. The van der Waals surface area contributed by atoms with Crippen LogP contribution in [0.1, 0.15) is 115 Å². The number of esters is 1. The fourth-order valence-corrected chi connectivity index (χ4v) is 10.4. The van der Waals surface area contributed by atoms with Crippen LogP contribution in [0.5, 0.6) is 0 Å². The number of aryl methyl sites for hydroxylation is 2. The van der Waals surface area contributed by atoms with Crippen LogP contribution in [0.25, 0.3) is 0 Å². The first-order chi connectivity index (χ1) is 40.6. The molecule has 2 atom stereocenters. The minimum atomic E-state index is -1.35. The van der Waals surface area contributed by atoms with Gasteiger partial charge in [0.05, 0.1) is 31.2 Å². The number of nitrogens with one attached hydrogen (secondary N) is 2. The summed E-state index contributed by atoms with van der Waals surface area (Å²) in [7, 11) is 3.30. The minimum Gasteiger partial charge on any atom is -0.480 e. The highest BCUT2D eigenvalue weighted by molar-refractivity contribution is 7.59. The van der Waals surface area contributed by atoms with Crippen LogP contribution in [-0.2, 0) is 56.5 Å². The van der Waals surface area contributed by atoms with Gasteiger partial charge in [0.15, 0.2) is 11.6 Å². The number of hydrogen-bond acceptors (Lipinski definition) is 9. The molecule has 466 valence electrons. The molecule has 0 unspecified atom stereocenters. The number of amides is 4. The van der Waals surface area contributed by atoms with Gasteiger partial charge in [-0.2, -0.15) is 27.0 Å². The molecule has 0 radical (unpaired) electrons. The zero-order chi connectivity index (χ0) is 61.6. The Balaban J connectivity index is 0.000000451. The summed E-state index contributed by atoms with van der Waals surface area (Å²) in [6.07, 6.45) is 0.992. The lowest BCUT2D eigenvalue weighted by Gasteiger charge is -2.21. The van der Waals surface area contributed by atoms with E-state index in [9.17, 15) is 43.5 Å². The van der Waals surface area contributed by atoms with E-state index in [-0.39, 0.29) is 145 Å². The number of rotatable bonds is 26. The number of ether oxygens (including phenoxy) is 1. The Labute approximate surface area is 557 Å². The third kappa shape index (κ3) is 23.9. The van der Waals surface area contributed by atoms with Crippen LogP contribution in [0.15, 0.2) is 164 Å². The van der Waals surface area contributed by atoms with E-state index < -0.39 is 35.8 Å². The van der Waals surface area contributed by atoms with E-state index in [1.165, 1.54) is 29.2 Å². The predicted octanol–water partition coefficient (Wildman–Crippen LogP) is 14.7. The fourth-order valence-electron chi connectivity index (χ4n) is 8.70. The molecule has 22 heteroatoms. The third-order valence-corrected chi connectivity index (χ3v) is 15.0. The van der Waals surface area contributed by atoms with Crippen molar-refractivity contribution >= 4 is 144 Å². The first-order valence-corrected chi connectivity index (χ1v) is 29.1. The number of hydrogen-bond donors (Lipinski definition) is 3. The minimum absolute atomic E-state index is 0. The van der Waals surface area contributed by atoms with Gasteiger partial charge in [0, 0.05) is 74.0 Å². The van der Waals surface area contributed by atoms with Gasteiger partial charge in [-0.15, -0.1) is 0 Å². The number of carboxylic acid groups (broad SMARTS) is 1. The molecular formula is C66H68Cl6N4O10S2. The van der Waals surface area contributed by atoms with Crippen molar-refractivity contribution in [1.29, 1.82) is 0 Å². The molecule has 7 aromatic rings. The standard InChI is InChI=1S/C36H33Cl3N2O5.C29H27Cl3N2O5.CH4.2H2S/c1-41(22-25-9-4-2-5-10-25)33(43)18-16-31(36(45)46-23-26-11-6-3-7-12-26)40-35(44)34-29(38)20-27(21-30(34)39)32(42)17-15-24-13-8-14-28(37)19-24;1-34(17-19-6-3-2-4-7-19)26(36)13-11-24(29(38)39)33-28(37)27-22(31)15-20(16-23(27)32)25(35)12-10-18-8-5-9-21(30)14-18;;;/h2-14,19-21,31H,15-18,22-23H2,1H3,(H,40,44);2-9,14-16,24H,10-13,17H2,1H3,(H,33,37)(H,38,39);1H4;2*1H2/t31-;24-;;;/m00.../s1. The summed E-state index contributed by atoms with van der Waals surface area (Å²) in [4.78, 5) is 106. The van der Waals surface area contributed by atoms with E-state index in [2.05, 4.69) is 10.6 Å². The lowest BCUT2D eigenvalue weighted by atomic mass is 10.0. The van der Waals surface area contributed by atoms with Gasteiger partial charge in [0.1, 0.15) is 18.7 Å². The second-order valence-electron chi connectivity index (χ2n) is 19.8. The largest absolute Gasteiger partial charge is 0.480 e. The first-order valence-electron chi connectivity index (χ1n) is 26.8. The maximum atomic E-state index is 13.4. The Bertz CT molecular complexity index is 3470. The van der Waals surface area contributed by atoms with Gasteiger partial charge in [-0.1, -0.05) is 192 Å². The zero-order valence-electron chi connectivity index (χ0n) is 47.3. The van der Waals surface area contributed by atoms with Gasteiger partial charge in [-0.05, 0) is 102 Å². The van der Waals surface area contributed by atoms with Crippen LogP contribution >= 0.6 is 96.6 Å². The third-order valence-electron chi connectivity index (χ3n) is 13.3. The molecule has 0 spiro atoms. The lowest BCUT2D eigenvalue weighted by molar-refractivity contribution is -0.147. The average molecular weight is 1350 g/mol. The summed E-state index contributed by atoms with van der Waals surface area (Å²) in [6, 6.07) is 45.3. The Morgan fingerprint density at radius 1 is 0.455 bits per heavy atom. The molecular weight excluding hydrogens is 1290 g/mol. The predicted molar refractivity (Wildman–Crippen MR) is 359 cm³/mol. The second kappa shape index (κ2) is 37.9. The van der Waals surface area contributed by atoms with Crippen molar-refractivity contribution in [3.8, 4) is 0 Å². The zero-order valence-corrected chi connectivity index (χ0v) is 53.8. The molecule has 88 heavy (non-hydrogen) atoms. The molecule has 0 fully saturated rings. The fraction of sp³-hybridized carbons (Fsp3) is 0.242. The van der Waals surface area contributed by atoms with Crippen LogP contribution in [0.3, 0.4) is 0 Å². The Kier molecular flexibility index (Phi) is 32.4. The molecule has 0 heterocycles. The van der Waals surface area contributed by atoms with Crippen LogP contribution < -0.4 is 10.6 Å². The van der Waals surface area contributed by atoms with Crippen molar-refractivity contribution in [3.63, 3.8) is 0 Å². The average Bonchev–Trinajstić information content (AvgIpc) is 2.94. The molecule has 4 amide bonds. The Morgan fingerprint density at radius 2 is 0.795 bits per heavy atom. The molecule has 0 aliphatic heterocycles. The van der Waals surface area contributed by atoms with E-state index in [1.54, 1.807) is 61.5 Å². The number of carbonyl (C=O) groups is 8. The van der Waals surface area contributed by atoms with Crippen molar-refractivity contribution in [1.82, 2.24) is 20.4 Å². The van der Waals surface area contributed by atoms with Crippen molar-refractivity contribution in [3.05, 3.63) is 244 Å². The summed E-state index contributed by atoms with van der Waals surface area (Å²) >= 11 is 37.6. The summed E-state index contributed by atoms with van der Waals surface area (Å²) in [5, 5.41) is 15.5. The molecule has 14 nitrogen and oxygen atoms in total. The number of halogens is 6. The number of benzene rings is 7. The van der Waals surface area contributed by atoms with Crippen LogP contribution in [0, 0.1) is 0 Å². The summed E-state index contributed by atoms with van der Waals surface area (Å²) < 4.78 is 5.50. The number of nitrogens with zero attached hydrogens (tertiary/aromatic N) is 2. The number of aliphatic carboxylic acids is 1. The van der Waals surface area contributed by atoms with E-state index in [1.807, 2.05) is 97.1 Å². The molecule has 0 aromatic heterocycles. The molecule has 0 aliphatic carbocycles. The van der Waals surface area contributed by atoms with E-state index in [4.69, 9.17) is 74.3 Å². The highest BCUT2D eigenvalue weighted by Gasteiger charge is 2.29. The molecule has 0 bridgehead atoms. The van der Waals surface area contributed by atoms with Crippen LogP contribution in [0.2, 0.25) is 30.1 Å². The number of carbonyl (C=O) groups excluding carboxylic acids is 7. The van der Waals surface area contributed by atoms with Crippen molar-refractivity contribution in [2.24, 2.45) is 0 Å². The van der Waals surface area contributed by atoms with E-state index in [0.717, 1.165) is 27.8 Å². The molecule has 7 aromatic carbocycles. The van der Waals surface area contributed by atoms with E-state index in [0.29, 0.717) is 36.0 Å². The number of carboxylic acids is 1. The SMILES string of the molecule is C.CN(Cc1ccccc1)C(=O)CC[C@H](NC(=O)c1c(Cl)cc(C(=O)CCc2cccc(Cl)c2)cc1Cl)C(=O)O.CN(Cc1ccccc1)C(=O)CC[C@H](NC(=O)c1c(Cl)cc(C(=O)CCc2cccc(Cl)c2)cc1Cl)C(=O)OCc1ccccc1.S.S. The number of ketones is 2.